The van der Waals surface area contributed by atoms with E-state index in [2.05, 4.69) is 4.98 Å². The van der Waals surface area contributed by atoms with Crippen molar-refractivity contribution in [2.45, 2.75) is 20.0 Å². The van der Waals surface area contributed by atoms with Gasteiger partial charge in [0.2, 0.25) is 0 Å². The van der Waals surface area contributed by atoms with Crippen molar-refractivity contribution >= 4 is 10.9 Å². The molecule has 0 unspecified atom stereocenters. The minimum absolute atomic E-state index is 0.300. The van der Waals surface area contributed by atoms with Crippen molar-refractivity contribution in [2.75, 3.05) is 6.61 Å². The Morgan fingerprint density at radius 3 is 2.86 bits per heavy atom. The molecule has 3 rings (SSSR count). The topological polar surface area (TPSA) is 32.0 Å². The maximum Gasteiger partial charge on any atom is 0.319 e. The first-order chi connectivity index (χ1) is 10.2. The molecule has 0 aliphatic carbocycles. The Kier molecular flexibility index (Phi) is 3.60. The van der Waals surface area contributed by atoms with Crippen molar-refractivity contribution in [1.29, 1.82) is 0 Å². The largest absolute Gasteiger partial charge is 0.494 e. The van der Waals surface area contributed by atoms with E-state index in [1.54, 1.807) is 0 Å². The van der Waals surface area contributed by atoms with Gasteiger partial charge in [-0.05, 0) is 31.2 Å². The van der Waals surface area contributed by atoms with E-state index in [9.17, 15) is 8.78 Å². The Morgan fingerprint density at radius 2 is 2.10 bits per heavy atom. The zero-order valence-corrected chi connectivity index (χ0v) is 11.5. The normalized spacial score (nSPS) is 11.4. The molecule has 0 N–H and O–H groups in total. The molecule has 0 bridgehead atoms. The maximum absolute atomic E-state index is 12.8. The zero-order chi connectivity index (χ0) is 14.8. The van der Waals surface area contributed by atoms with Crippen LogP contribution >= 0.6 is 0 Å². The number of rotatable bonds is 5. The van der Waals surface area contributed by atoms with E-state index in [1.807, 2.05) is 42.0 Å². The van der Waals surface area contributed by atoms with Gasteiger partial charge in [0.05, 0.1) is 13.2 Å². The summed E-state index contributed by atoms with van der Waals surface area (Å²) >= 11 is 0. The van der Waals surface area contributed by atoms with E-state index in [1.165, 1.54) is 12.4 Å². The van der Waals surface area contributed by atoms with Crippen LogP contribution in [-0.4, -0.2) is 20.7 Å². The molecular formula is C15H15F2N3O. The van der Waals surface area contributed by atoms with Crippen molar-refractivity contribution in [3.8, 4) is 5.75 Å². The first-order valence-corrected chi connectivity index (χ1v) is 6.70. The molecule has 0 radical (unpaired) electrons. The molecule has 0 amide bonds. The molecule has 2 aromatic heterocycles. The summed E-state index contributed by atoms with van der Waals surface area (Å²) in [7, 11) is 0. The molecule has 0 fully saturated rings. The molecule has 6 heteroatoms. The average Bonchev–Trinajstić information content (AvgIpc) is 3.07. The summed E-state index contributed by atoms with van der Waals surface area (Å²) in [6.45, 7) is 0.265. The average molecular weight is 291 g/mol. The third kappa shape index (κ3) is 2.61. The molecule has 0 saturated heterocycles. The third-order valence-electron chi connectivity index (χ3n) is 3.32. The standard InChI is InChI=1S/C15H15F2N3O/c1-2-21-12-3-4-13-11(9-12)5-7-19(13)10-14-18-6-8-20(14)15(16)17/h3-9,15H,2,10H2,1H3. The van der Waals surface area contributed by atoms with Gasteiger partial charge in [-0.15, -0.1) is 0 Å². The summed E-state index contributed by atoms with van der Waals surface area (Å²) < 4.78 is 33.9. The van der Waals surface area contributed by atoms with E-state index >= 15 is 0 Å². The van der Waals surface area contributed by atoms with Gasteiger partial charge in [0.1, 0.15) is 11.6 Å². The second kappa shape index (κ2) is 5.55. The Bertz CT molecular complexity index is 748. The smallest absolute Gasteiger partial charge is 0.319 e. The van der Waals surface area contributed by atoms with Gasteiger partial charge in [0.25, 0.3) is 0 Å². The Hall–Kier alpha value is -2.37. The van der Waals surface area contributed by atoms with Crippen LogP contribution in [0.1, 0.15) is 19.3 Å². The van der Waals surface area contributed by atoms with Crippen LogP contribution in [-0.2, 0) is 6.54 Å². The van der Waals surface area contributed by atoms with Gasteiger partial charge in [-0.1, -0.05) is 0 Å². The van der Waals surface area contributed by atoms with Gasteiger partial charge >= 0.3 is 6.55 Å². The van der Waals surface area contributed by atoms with Crippen molar-refractivity contribution in [3.63, 3.8) is 0 Å². The van der Waals surface area contributed by atoms with Crippen molar-refractivity contribution in [2.24, 2.45) is 0 Å². The quantitative estimate of drug-likeness (QED) is 0.718. The first-order valence-electron chi connectivity index (χ1n) is 6.70. The number of hydrogen-bond acceptors (Lipinski definition) is 2. The van der Waals surface area contributed by atoms with Crippen LogP contribution < -0.4 is 4.74 Å². The highest BCUT2D eigenvalue weighted by Crippen LogP contribution is 2.23. The molecular weight excluding hydrogens is 276 g/mol. The van der Waals surface area contributed by atoms with E-state index in [4.69, 9.17) is 4.74 Å². The van der Waals surface area contributed by atoms with Crippen LogP contribution in [0.4, 0.5) is 8.78 Å². The lowest BCUT2D eigenvalue weighted by Crippen LogP contribution is -2.08. The highest BCUT2D eigenvalue weighted by molar-refractivity contribution is 5.81. The molecule has 21 heavy (non-hydrogen) atoms. The van der Waals surface area contributed by atoms with Crippen molar-refractivity contribution < 1.29 is 13.5 Å². The third-order valence-corrected chi connectivity index (χ3v) is 3.32. The number of imidazole rings is 1. The number of hydrogen-bond donors (Lipinski definition) is 0. The number of ether oxygens (including phenoxy) is 1. The molecule has 0 spiro atoms. The lowest BCUT2D eigenvalue weighted by atomic mass is 10.2. The fraction of sp³-hybridized carbons (Fsp3) is 0.267. The molecule has 2 heterocycles. The minimum atomic E-state index is -2.58. The van der Waals surface area contributed by atoms with E-state index < -0.39 is 6.55 Å². The van der Waals surface area contributed by atoms with Crippen molar-refractivity contribution in [1.82, 2.24) is 14.1 Å². The van der Waals surface area contributed by atoms with Gasteiger partial charge in [-0.3, -0.25) is 4.57 Å². The van der Waals surface area contributed by atoms with Crippen LogP contribution in [0.5, 0.6) is 5.75 Å². The van der Waals surface area contributed by atoms with Crippen LogP contribution in [0.25, 0.3) is 10.9 Å². The number of alkyl halides is 2. The van der Waals surface area contributed by atoms with Gasteiger partial charge in [-0.2, -0.15) is 8.78 Å². The molecule has 0 atom stereocenters. The monoisotopic (exact) mass is 291 g/mol. The lowest BCUT2D eigenvalue weighted by Gasteiger charge is -2.09. The molecule has 1 aromatic carbocycles. The number of fused-ring (bicyclic) bond motifs is 1. The highest BCUT2D eigenvalue weighted by Gasteiger charge is 2.12. The summed E-state index contributed by atoms with van der Waals surface area (Å²) in [5, 5.41) is 1.01. The van der Waals surface area contributed by atoms with Crippen LogP contribution in [0, 0.1) is 0 Å². The van der Waals surface area contributed by atoms with Crippen molar-refractivity contribution in [3.05, 3.63) is 48.7 Å². The summed E-state index contributed by atoms with van der Waals surface area (Å²) in [5.41, 5.74) is 0.960. The van der Waals surface area contributed by atoms with E-state index in [0.717, 1.165) is 21.2 Å². The summed E-state index contributed by atoms with van der Waals surface area (Å²) in [6.07, 6.45) is 4.55. The number of aromatic nitrogens is 3. The maximum atomic E-state index is 12.8. The zero-order valence-electron chi connectivity index (χ0n) is 11.5. The molecule has 110 valence electrons. The van der Waals surface area contributed by atoms with Gasteiger partial charge in [0.15, 0.2) is 0 Å². The summed E-state index contributed by atoms with van der Waals surface area (Å²) in [4.78, 5) is 4.00. The fourth-order valence-corrected chi connectivity index (χ4v) is 2.37. The first kappa shape index (κ1) is 13.6. The molecule has 0 aliphatic rings. The highest BCUT2D eigenvalue weighted by atomic mass is 19.3. The second-order valence-electron chi connectivity index (χ2n) is 4.63. The number of nitrogens with zero attached hydrogens (tertiary/aromatic N) is 3. The minimum Gasteiger partial charge on any atom is -0.494 e. The van der Waals surface area contributed by atoms with Crippen LogP contribution in [0.15, 0.2) is 42.9 Å². The van der Waals surface area contributed by atoms with E-state index in [-0.39, 0.29) is 0 Å². The fourth-order valence-electron chi connectivity index (χ4n) is 2.37. The Morgan fingerprint density at radius 1 is 1.24 bits per heavy atom. The Labute approximate surface area is 120 Å². The second-order valence-corrected chi connectivity index (χ2v) is 4.63. The van der Waals surface area contributed by atoms with Gasteiger partial charge in [-0.25, -0.2) is 4.98 Å². The SMILES string of the molecule is CCOc1ccc2c(ccn2Cc2nccn2C(F)F)c1. The molecule has 4 nitrogen and oxygen atoms in total. The van der Waals surface area contributed by atoms with Gasteiger partial charge < -0.3 is 9.30 Å². The molecule has 3 aromatic rings. The van der Waals surface area contributed by atoms with E-state index in [0.29, 0.717) is 19.0 Å². The summed E-state index contributed by atoms with van der Waals surface area (Å²) in [5.74, 6) is 1.13. The number of halogens is 2. The predicted molar refractivity (Wildman–Crippen MR) is 75.7 cm³/mol. The predicted octanol–water partition coefficient (Wildman–Crippen LogP) is 3.68. The van der Waals surface area contributed by atoms with Crippen LogP contribution in [0.3, 0.4) is 0 Å². The summed E-state index contributed by atoms with van der Waals surface area (Å²) in [6, 6.07) is 7.68. The Balaban J connectivity index is 1.92. The van der Waals surface area contributed by atoms with Gasteiger partial charge in [0, 0.05) is 29.5 Å². The molecule has 0 saturated carbocycles. The van der Waals surface area contributed by atoms with Crippen LogP contribution in [0.2, 0.25) is 0 Å². The lowest BCUT2D eigenvalue weighted by molar-refractivity contribution is 0.0667. The molecule has 0 aliphatic heterocycles. The number of benzene rings is 1.